The van der Waals surface area contributed by atoms with Crippen LogP contribution in [0.15, 0.2) is 66.7 Å². The van der Waals surface area contributed by atoms with Crippen molar-refractivity contribution in [2.24, 2.45) is 0 Å². The molecule has 0 saturated heterocycles. The molecule has 0 aliphatic carbocycles. The fourth-order valence-corrected chi connectivity index (χ4v) is 3.22. The zero-order chi connectivity index (χ0) is 25.4. The second-order valence-electron chi connectivity index (χ2n) is 7.07. The molecule has 0 unspecified atom stereocenters. The highest BCUT2D eigenvalue weighted by atomic mass is 19.4. The van der Waals surface area contributed by atoms with Gasteiger partial charge in [-0.25, -0.2) is 14.8 Å². The Labute approximate surface area is 192 Å². The number of alkyl halides is 6. The van der Waals surface area contributed by atoms with Gasteiger partial charge in [-0.05, 0) is 66.7 Å². The third kappa shape index (κ3) is 5.78. The van der Waals surface area contributed by atoms with Gasteiger partial charge in [-0.1, -0.05) is 0 Å². The largest absolute Gasteiger partial charge is 0.573 e. The number of ether oxygens (including phenoxy) is 2. The number of carboxylic acids is 1. The Morgan fingerprint density at radius 1 is 0.657 bits per heavy atom. The summed E-state index contributed by atoms with van der Waals surface area (Å²) in [6.07, 6.45) is -9.76. The van der Waals surface area contributed by atoms with E-state index in [9.17, 15) is 36.2 Å². The molecule has 1 N–H and O–H groups in total. The molecule has 0 atom stereocenters. The maximum Gasteiger partial charge on any atom is 0.573 e. The summed E-state index contributed by atoms with van der Waals surface area (Å²) in [4.78, 5) is 20.3. The van der Waals surface area contributed by atoms with Crippen molar-refractivity contribution in [3.8, 4) is 34.0 Å². The zero-order valence-corrected chi connectivity index (χ0v) is 17.2. The number of carbonyl (C=O) groups is 1. The van der Waals surface area contributed by atoms with Crippen LogP contribution in [0.1, 0.15) is 10.4 Å². The first-order valence-corrected chi connectivity index (χ1v) is 9.65. The van der Waals surface area contributed by atoms with Gasteiger partial charge >= 0.3 is 18.7 Å². The van der Waals surface area contributed by atoms with Crippen LogP contribution in [-0.2, 0) is 0 Å². The third-order valence-electron chi connectivity index (χ3n) is 4.63. The molecular formula is C23H12F6N2O4. The molecule has 35 heavy (non-hydrogen) atoms. The van der Waals surface area contributed by atoms with E-state index in [0.29, 0.717) is 16.6 Å². The second kappa shape index (κ2) is 8.78. The van der Waals surface area contributed by atoms with Crippen molar-refractivity contribution in [1.82, 2.24) is 9.97 Å². The van der Waals surface area contributed by atoms with Gasteiger partial charge < -0.3 is 14.6 Å². The van der Waals surface area contributed by atoms with Crippen molar-refractivity contribution < 1.29 is 45.7 Å². The normalized spacial score (nSPS) is 11.9. The van der Waals surface area contributed by atoms with E-state index in [-0.39, 0.29) is 22.5 Å². The second-order valence-corrected chi connectivity index (χ2v) is 7.07. The third-order valence-corrected chi connectivity index (χ3v) is 4.63. The van der Waals surface area contributed by atoms with Gasteiger partial charge in [0.05, 0.1) is 28.0 Å². The summed E-state index contributed by atoms with van der Waals surface area (Å²) in [5, 5.41) is 9.25. The van der Waals surface area contributed by atoms with E-state index < -0.39 is 30.2 Å². The van der Waals surface area contributed by atoms with Gasteiger partial charge in [0.25, 0.3) is 0 Å². The van der Waals surface area contributed by atoms with Crippen molar-refractivity contribution in [1.29, 1.82) is 0 Å². The van der Waals surface area contributed by atoms with E-state index in [1.807, 2.05) is 0 Å². The number of rotatable bonds is 5. The number of nitrogens with zero attached hydrogens (tertiary/aromatic N) is 2. The molecule has 1 heterocycles. The SMILES string of the molecule is O=C(O)c1ccc2nc(-c3ccc(OC(F)(F)F)cc3)c(-c3ccc(OC(F)(F)F)cc3)nc2c1. The summed E-state index contributed by atoms with van der Waals surface area (Å²) in [6, 6.07) is 13.5. The topological polar surface area (TPSA) is 81.5 Å². The highest BCUT2D eigenvalue weighted by Crippen LogP contribution is 2.34. The first-order chi connectivity index (χ1) is 16.4. The van der Waals surface area contributed by atoms with E-state index in [1.54, 1.807) is 0 Å². The predicted octanol–water partition coefficient (Wildman–Crippen LogP) is 6.46. The van der Waals surface area contributed by atoms with Crippen LogP contribution in [0.4, 0.5) is 26.3 Å². The molecule has 6 nitrogen and oxygen atoms in total. The van der Waals surface area contributed by atoms with Crippen LogP contribution in [0.5, 0.6) is 11.5 Å². The number of hydrogen-bond acceptors (Lipinski definition) is 5. The Bertz CT molecular complexity index is 1390. The molecule has 0 bridgehead atoms. The summed E-state index contributed by atoms with van der Waals surface area (Å²) in [5.74, 6) is -2.14. The van der Waals surface area contributed by atoms with Crippen LogP contribution in [-0.4, -0.2) is 33.8 Å². The number of halogens is 6. The number of hydrogen-bond donors (Lipinski definition) is 1. The standard InChI is InChI=1S/C23H12F6N2O4/c24-22(25,26)34-15-6-1-12(2-7-15)19-20(13-3-8-16(9-4-13)35-23(27,28)29)31-18-11-14(21(32)33)5-10-17(18)30-19/h1-11H,(H,32,33). The minimum Gasteiger partial charge on any atom is -0.478 e. The molecule has 0 fully saturated rings. The van der Waals surface area contributed by atoms with Crippen LogP contribution >= 0.6 is 0 Å². The minimum absolute atomic E-state index is 0.0620. The fraction of sp³-hybridized carbons (Fsp3) is 0.0870. The fourth-order valence-electron chi connectivity index (χ4n) is 3.22. The Kier molecular flexibility index (Phi) is 5.97. The molecule has 0 amide bonds. The molecule has 180 valence electrons. The maximum atomic E-state index is 12.5. The van der Waals surface area contributed by atoms with E-state index in [0.717, 1.165) is 24.3 Å². The highest BCUT2D eigenvalue weighted by molar-refractivity contribution is 5.94. The Balaban J connectivity index is 1.83. The van der Waals surface area contributed by atoms with Gasteiger partial charge in [0.2, 0.25) is 0 Å². The number of benzene rings is 3. The number of fused-ring (bicyclic) bond motifs is 1. The van der Waals surface area contributed by atoms with Gasteiger partial charge in [-0.2, -0.15) is 0 Å². The van der Waals surface area contributed by atoms with Crippen molar-refractivity contribution in [3.63, 3.8) is 0 Å². The van der Waals surface area contributed by atoms with Crippen LogP contribution < -0.4 is 9.47 Å². The van der Waals surface area contributed by atoms with Crippen molar-refractivity contribution >= 4 is 17.0 Å². The van der Waals surface area contributed by atoms with Gasteiger partial charge in [-0.15, -0.1) is 26.3 Å². The van der Waals surface area contributed by atoms with E-state index in [1.165, 1.54) is 42.5 Å². The number of carboxylic acid groups (broad SMARTS) is 1. The molecule has 4 rings (SSSR count). The molecule has 0 radical (unpaired) electrons. The first kappa shape index (κ1) is 23.8. The Morgan fingerprint density at radius 3 is 1.49 bits per heavy atom. The van der Waals surface area contributed by atoms with Crippen LogP contribution in [0.25, 0.3) is 33.5 Å². The monoisotopic (exact) mass is 494 g/mol. The van der Waals surface area contributed by atoms with Gasteiger partial charge in [0.1, 0.15) is 11.5 Å². The molecular weight excluding hydrogens is 482 g/mol. The summed E-state index contributed by atoms with van der Waals surface area (Å²) in [6.45, 7) is 0. The quantitative estimate of drug-likeness (QED) is 0.321. The lowest BCUT2D eigenvalue weighted by atomic mass is 10.0. The Hall–Kier alpha value is -4.35. The lowest BCUT2D eigenvalue weighted by Gasteiger charge is -2.13. The smallest absolute Gasteiger partial charge is 0.478 e. The molecule has 0 saturated carbocycles. The van der Waals surface area contributed by atoms with E-state index in [4.69, 9.17) is 0 Å². The molecule has 3 aromatic carbocycles. The molecule has 4 aromatic rings. The molecule has 0 aliphatic heterocycles. The lowest BCUT2D eigenvalue weighted by molar-refractivity contribution is -0.275. The molecule has 0 spiro atoms. The summed E-state index contributed by atoms with van der Waals surface area (Å²) >= 11 is 0. The average molecular weight is 494 g/mol. The molecule has 1 aromatic heterocycles. The van der Waals surface area contributed by atoms with Gasteiger partial charge in [0, 0.05) is 11.1 Å². The summed E-state index contributed by atoms with van der Waals surface area (Å²) in [7, 11) is 0. The average Bonchev–Trinajstić information content (AvgIpc) is 2.77. The minimum atomic E-state index is -4.89. The van der Waals surface area contributed by atoms with Gasteiger partial charge in [-0.3, -0.25) is 0 Å². The van der Waals surface area contributed by atoms with Crippen molar-refractivity contribution in [2.45, 2.75) is 12.7 Å². The van der Waals surface area contributed by atoms with Crippen molar-refractivity contribution in [2.75, 3.05) is 0 Å². The van der Waals surface area contributed by atoms with Crippen molar-refractivity contribution in [3.05, 3.63) is 72.3 Å². The summed E-state index contributed by atoms with van der Waals surface area (Å²) in [5.41, 5.74) is 1.42. The molecule has 12 heteroatoms. The number of aromatic nitrogens is 2. The lowest BCUT2D eigenvalue weighted by Crippen LogP contribution is -2.17. The Morgan fingerprint density at radius 2 is 1.09 bits per heavy atom. The maximum absolute atomic E-state index is 12.5. The van der Waals surface area contributed by atoms with E-state index in [2.05, 4.69) is 19.4 Å². The number of aromatic carboxylic acids is 1. The van der Waals surface area contributed by atoms with Crippen LogP contribution in [0, 0.1) is 0 Å². The first-order valence-electron chi connectivity index (χ1n) is 9.65. The van der Waals surface area contributed by atoms with Crippen LogP contribution in [0.2, 0.25) is 0 Å². The highest BCUT2D eigenvalue weighted by Gasteiger charge is 2.32. The molecule has 0 aliphatic rings. The van der Waals surface area contributed by atoms with Gasteiger partial charge in [0.15, 0.2) is 0 Å². The zero-order valence-electron chi connectivity index (χ0n) is 17.2. The predicted molar refractivity (Wildman–Crippen MR) is 111 cm³/mol. The van der Waals surface area contributed by atoms with Crippen LogP contribution in [0.3, 0.4) is 0 Å². The van der Waals surface area contributed by atoms with E-state index >= 15 is 0 Å². The summed E-state index contributed by atoms with van der Waals surface area (Å²) < 4.78 is 82.7.